The maximum Gasteiger partial charge on any atom is 0.150 e. The maximum atomic E-state index is 11.6. The van der Waals surface area contributed by atoms with Crippen LogP contribution in [0.15, 0.2) is 0 Å². The fourth-order valence-corrected chi connectivity index (χ4v) is 3.44. The van der Waals surface area contributed by atoms with Gasteiger partial charge in [-0.1, -0.05) is 13.8 Å². The molecule has 1 unspecified atom stereocenters. The third kappa shape index (κ3) is 4.72. The SMILES string of the molecule is CCC1(C)CNC(C)(C)CN1CCCS(=O)(=O)CC. The lowest BCUT2D eigenvalue weighted by Crippen LogP contribution is -2.67. The molecule has 0 radical (unpaired) electrons. The fourth-order valence-electron chi connectivity index (χ4n) is 2.58. The molecule has 0 spiro atoms. The lowest BCUT2D eigenvalue weighted by Gasteiger charge is -2.51. The maximum absolute atomic E-state index is 11.6. The van der Waals surface area contributed by atoms with Gasteiger partial charge in [-0.15, -0.1) is 0 Å². The molecule has 0 amide bonds. The van der Waals surface area contributed by atoms with Crippen LogP contribution in [-0.4, -0.2) is 55.5 Å². The number of hydrogen-bond acceptors (Lipinski definition) is 4. The molecule has 1 rings (SSSR count). The third-order valence-corrected chi connectivity index (χ3v) is 6.17. The van der Waals surface area contributed by atoms with Crippen LogP contribution < -0.4 is 5.32 Å². The molecule has 0 aromatic carbocycles. The van der Waals surface area contributed by atoms with Gasteiger partial charge in [-0.05, 0) is 40.2 Å². The minimum absolute atomic E-state index is 0.109. The van der Waals surface area contributed by atoms with Gasteiger partial charge in [0.2, 0.25) is 0 Å². The summed E-state index contributed by atoms with van der Waals surface area (Å²) in [7, 11) is -2.84. The highest BCUT2D eigenvalue weighted by Crippen LogP contribution is 2.26. The lowest BCUT2D eigenvalue weighted by molar-refractivity contribution is 0.0246. The predicted molar refractivity (Wildman–Crippen MR) is 81.3 cm³/mol. The van der Waals surface area contributed by atoms with Gasteiger partial charge in [0.05, 0.1) is 5.75 Å². The van der Waals surface area contributed by atoms with E-state index >= 15 is 0 Å². The number of nitrogens with zero attached hydrogens (tertiary/aromatic N) is 1. The Bertz CT molecular complexity index is 392. The minimum Gasteiger partial charge on any atom is -0.309 e. The second-order valence-corrected chi connectivity index (χ2v) is 9.07. The van der Waals surface area contributed by atoms with E-state index in [-0.39, 0.29) is 16.8 Å². The zero-order chi connectivity index (χ0) is 14.7. The van der Waals surface area contributed by atoms with Crippen molar-refractivity contribution in [2.24, 2.45) is 0 Å². The average molecular weight is 290 g/mol. The smallest absolute Gasteiger partial charge is 0.150 e. The van der Waals surface area contributed by atoms with Crippen molar-refractivity contribution in [2.75, 3.05) is 31.1 Å². The number of rotatable bonds is 6. The second kappa shape index (κ2) is 6.10. The van der Waals surface area contributed by atoms with Crippen LogP contribution in [0.4, 0.5) is 0 Å². The van der Waals surface area contributed by atoms with E-state index in [1.54, 1.807) is 6.92 Å². The molecule has 5 heteroatoms. The monoisotopic (exact) mass is 290 g/mol. The molecule has 1 N–H and O–H groups in total. The molecule has 1 aliphatic heterocycles. The van der Waals surface area contributed by atoms with Crippen LogP contribution in [0.2, 0.25) is 0 Å². The standard InChI is InChI=1S/C14H30N2O2S/c1-6-14(5)11-15-13(3,4)12-16(14)9-8-10-19(17,18)7-2/h15H,6-12H2,1-5H3. The van der Waals surface area contributed by atoms with E-state index in [4.69, 9.17) is 0 Å². The summed E-state index contributed by atoms with van der Waals surface area (Å²) in [6.07, 6.45) is 1.82. The fraction of sp³-hybridized carbons (Fsp3) is 1.00. The van der Waals surface area contributed by atoms with Crippen molar-refractivity contribution in [1.82, 2.24) is 10.2 Å². The van der Waals surface area contributed by atoms with Crippen LogP contribution in [0.5, 0.6) is 0 Å². The van der Waals surface area contributed by atoms with Gasteiger partial charge in [0.25, 0.3) is 0 Å². The van der Waals surface area contributed by atoms with Crippen molar-refractivity contribution in [3.05, 3.63) is 0 Å². The Balaban J connectivity index is 2.61. The van der Waals surface area contributed by atoms with E-state index in [1.165, 1.54) is 0 Å². The summed E-state index contributed by atoms with van der Waals surface area (Å²) in [4.78, 5) is 2.47. The Hall–Kier alpha value is -0.130. The van der Waals surface area contributed by atoms with Gasteiger partial charge < -0.3 is 5.32 Å². The zero-order valence-corrected chi connectivity index (χ0v) is 13.9. The Labute approximate surface area is 118 Å². The van der Waals surface area contributed by atoms with E-state index in [0.29, 0.717) is 5.75 Å². The molecule has 0 bridgehead atoms. The summed E-state index contributed by atoms with van der Waals surface area (Å²) in [5.74, 6) is 0.568. The second-order valence-electron chi connectivity index (χ2n) is 6.60. The van der Waals surface area contributed by atoms with E-state index in [0.717, 1.165) is 32.5 Å². The van der Waals surface area contributed by atoms with Crippen LogP contribution >= 0.6 is 0 Å². The Morgan fingerprint density at radius 2 is 1.84 bits per heavy atom. The van der Waals surface area contributed by atoms with Crippen molar-refractivity contribution >= 4 is 9.84 Å². The molecule has 1 aliphatic rings. The number of hydrogen-bond donors (Lipinski definition) is 1. The Morgan fingerprint density at radius 1 is 1.21 bits per heavy atom. The van der Waals surface area contributed by atoms with Gasteiger partial charge in [0, 0.05) is 29.9 Å². The third-order valence-electron chi connectivity index (χ3n) is 4.38. The van der Waals surface area contributed by atoms with E-state index in [9.17, 15) is 8.42 Å². The molecule has 1 fully saturated rings. The van der Waals surface area contributed by atoms with Crippen molar-refractivity contribution < 1.29 is 8.42 Å². The quantitative estimate of drug-likeness (QED) is 0.808. The van der Waals surface area contributed by atoms with E-state index < -0.39 is 9.84 Å². The summed E-state index contributed by atoms with van der Waals surface area (Å²) in [6, 6.07) is 0. The van der Waals surface area contributed by atoms with Gasteiger partial charge in [0.15, 0.2) is 0 Å². The average Bonchev–Trinajstić information content (AvgIpc) is 2.33. The van der Waals surface area contributed by atoms with Gasteiger partial charge in [0.1, 0.15) is 9.84 Å². The summed E-state index contributed by atoms with van der Waals surface area (Å²) >= 11 is 0. The van der Waals surface area contributed by atoms with E-state index in [1.807, 2.05) is 0 Å². The van der Waals surface area contributed by atoms with Crippen molar-refractivity contribution in [3.63, 3.8) is 0 Å². The van der Waals surface area contributed by atoms with Crippen molar-refractivity contribution in [1.29, 1.82) is 0 Å². The molecule has 114 valence electrons. The first-order valence-electron chi connectivity index (χ1n) is 7.35. The molecule has 19 heavy (non-hydrogen) atoms. The van der Waals surface area contributed by atoms with Crippen LogP contribution in [-0.2, 0) is 9.84 Å². The Morgan fingerprint density at radius 3 is 2.37 bits per heavy atom. The first-order valence-corrected chi connectivity index (χ1v) is 9.17. The molecule has 0 aliphatic carbocycles. The lowest BCUT2D eigenvalue weighted by atomic mass is 9.88. The number of piperazine rings is 1. The predicted octanol–water partition coefficient (Wildman–Crippen LogP) is 1.66. The van der Waals surface area contributed by atoms with Gasteiger partial charge in [-0.3, -0.25) is 4.90 Å². The summed E-state index contributed by atoms with van der Waals surface area (Å²) in [6.45, 7) is 13.4. The molecule has 1 atom stereocenters. The molecule has 0 saturated carbocycles. The van der Waals surface area contributed by atoms with E-state index in [2.05, 4.69) is 37.9 Å². The van der Waals surface area contributed by atoms with Crippen molar-refractivity contribution in [3.8, 4) is 0 Å². The van der Waals surface area contributed by atoms with Crippen LogP contribution in [0.1, 0.15) is 47.5 Å². The highest BCUT2D eigenvalue weighted by Gasteiger charge is 2.39. The molecule has 1 heterocycles. The minimum atomic E-state index is -2.84. The van der Waals surface area contributed by atoms with Gasteiger partial charge in [-0.25, -0.2) is 8.42 Å². The largest absolute Gasteiger partial charge is 0.309 e. The summed E-state index contributed by atoms with van der Waals surface area (Å²) < 4.78 is 23.1. The molecule has 4 nitrogen and oxygen atoms in total. The van der Waals surface area contributed by atoms with Gasteiger partial charge >= 0.3 is 0 Å². The normalized spacial score (nSPS) is 28.5. The molecular weight excluding hydrogens is 260 g/mol. The highest BCUT2D eigenvalue weighted by atomic mass is 32.2. The molecule has 0 aromatic rings. The molecule has 1 saturated heterocycles. The van der Waals surface area contributed by atoms with Crippen LogP contribution in [0.25, 0.3) is 0 Å². The van der Waals surface area contributed by atoms with Crippen molar-refractivity contribution in [2.45, 2.75) is 58.5 Å². The van der Waals surface area contributed by atoms with Crippen LogP contribution in [0.3, 0.4) is 0 Å². The number of sulfone groups is 1. The topological polar surface area (TPSA) is 49.4 Å². The number of nitrogens with one attached hydrogen (secondary N) is 1. The highest BCUT2D eigenvalue weighted by molar-refractivity contribution is 7.91. The molecular formula is C14H30N2O2S. The summed E-state index contributed by atoms with van der Waals surface area (Å²) in [5, 5.41) is 3.59. The Kier molecular flexibility index (Phi) is 5.43. The summed E-state index contributed by atoms with van der Waals surface area (Å²) in [5.41, 5.74) is 0.254. The van der Waals surface area contributed by atoms with Crippen LogP contribution in [0, 0.1) is 0 Å². The molecule has 0 aromatic heterocycles. The van der Waals surface area contributed by atoms with Gasteiger partial charge in [-0.2, -0.15) is 0 Å². The first-order chi connectivity index (χ1) is 8.64. The first kappa shape index (κ1) is 16.9. The zero-order valence-electron chi connectivity index (χ0n) is 13.1.